The molecule has 1 aromatic rings. The van der Waals surface area contributed by atoms with Crippen LogP contribution in [0.25, 0.3) is 0 Å². The van der Waals surface area contributed by atoms with Gasteiger partial charge >= 0.3 is 0 Å². The molecule has 5 heteroatoms. The van der Waals surface area contributed by atoms with Crippen molar-refractivity contribution in [2.45, 2.75) is 26.3 Å². The second-order valence-electron chi connectivity index (χ2n) is 4.78. The number of hydrogen-bond donors (Lipinski definition) is 2. The van der Waals surface area contributed by atoms with Crippen molar-refractivity contribution in [2.24, 2.45) is 5.92 Å². The number of carbonyl (C=O) groups excluding carboxylic acids is 2. The second-order valence-corrected chi connectivity index (χ2v) is 5.70. The Hall–Kier alpha value is -1.36. The first-order valence-electron chi connectivity index (χ1n) is 6.22. The van der Waals surface area contributed by atoms with Gasteiger partial charge in [0.25, 0.3) is 5.91 Å². The van der Waals surface area contributed by atoms with Gasteiger partial charge in [-0.15, -0.1) is 0 Å². The largest absolute Gasteiger partial charge is 0.357 e. The number of nitrogens with one attached hydrogen (secondary N) is 2. The fourth-order valence-corrected chi connectivity index (χ4v) is 2.15. The van der Waals surface area contributed by atoms with E-state index in [2.05, 4.69) is 26.6 Å². The summed E-state index contributed by atoms with van der Waals surface area (Å²) < 4.78 is 0.834. The van der Waals surface area contributed by atoms with Crippen molar-refractivity contribution in [3.8, 4) is 0 Å². The summed E-state index contributed by atoms with van der Waals surface area (Å²) in [4.78, 5) is 23.8. The quantitative estimate of drug-likeness (QED) is 0.872. The van der Waals surface area contributed by atoms with E-state index in [0.717, 1.165) is 4.47 Å². The molecule has 0 saturated carbocycles. The molecule has 0 aliphatic rings. The normalized spacial score (nSPS) is 12.1. The molecule has 4 nitrogen and oxygen atoms in total. The number of hydrogen-bond acceptors (Lipinski definition) is 2. The first kappa shape index (κ1) is 15.7. The molecule has 0 bridgehead atoms. The van der Waals surface area contributed by atoms with Crippen molar-refractivity contribution < 1.29 is 9.59 Å². The maximum absolute atomic E-state index is 12.1. The van der Waals surface area contributed by atoms with Crippen LogP contribution in [0, 0.1) is 5.92 Å². The van der Waals surface area contributed by atoms with E-state index in [1.165, 1.54) is 0 Å². The molecule has 2 N–H and O–H groups in total. The summed E-state index contributed by atoms with van der Waals surface area (Å²) in [6.07, 6.45) is 0.611. The van der Waals surface area contributed by atoms with Gasteiger partial charge in [0.15, 0.2) is 0 Å². The minimum atomic E-state index is -0.503. The van der Waals surface area contributed by atoms with Crippen LogP contribution in [0.15, 0.2) is 28.7 Å². The molecule has 0 fully saturated rings. The summed E-state index contributed by atoms with van der Waals surface area (Å²) >= 11 is 3.32. The fourth-order valence-electron chi connectivity index (χ4n) is 1.75. The molecule has 0 aromatic heterocycles. The second kappa shape index (κ2) is 7.28. The minimum absolute atomic E-state index is 0.169. The number of carbonyl (C=O) groups is 2. The summed E-state index contributed by atoms with van der Waals surface area (Å²) in [5.41, 5.74) is 0.534. The molecule has 1 aromatic carbocycles. The molecule has 0 spiro atoms. The van der Waals surface area contributed by atoms with Gasteiger partial charge in [-0.3, -0.25) is 9.59 Å². The molecule has 1 unspecified atom stereocenters. The third-order valence-corrected chi connectivity index (χ3v) is 3.16. The van der Waals surface area contributed by atoms with Gasteiger partial charge < -0.3 is 10.6 Å². The number of benzene rings is 1. The van der Waals surface area contributed by atoms with Gasteiger partial charge in [0, 0.05) is 17.1 Å². The molecule has 0 aliphatic heterocycles. The summed E-state index contributed by atoms with van der Waals surface area (Å²) in [5, 5.41) is 5.35. The zero-order valence-corrected chi connectivity index (χ0v) is 13.0. The van der Waals surface area contributed by atoms with Crippen LogP contribution in [0.2, 0.25) is 0 Å². The molecule has 104 valence electrons. The summed E-state index contributed by atoms with van der Waals surface area (Å²) in [6, 6.07) is 6.58. The van der Waals surface area contributed by atoms with Crippen molar-refractivity contribution in [1.82, 2.24) is 10.6 Å². The number of amides is 2. The Labute approximate surface area is 122 Å². The van der Waals surface area contributed by atoms with Gasteiger partial charge in [-0.05, 0) is 30.5 Å². The summed E-state index contributed by atoms with van der Waals surface area (Å²) in [7, 11) is 1.57. The highest BCUT2D eigenvalue weighted by atomic mass is 79.9. The van der Waals surface area contributed by atoms with Gasteiger partial charge in [-0.1, -0.05) is 35.8 Å². The first-order valence-corrected chi connectivity index (χ1v) is 7.01. The van der Waals surface area contributed by atoms with E-state index in [4.69, 9.17) is 0 Å². The lowest BCUT2D eigenvalue weighted by Gasteiger charge is -2.19. The van der Waals surface area contributed by atoms with Crippen molar-refractivity contribution in [3.63, 3.8) is 0 Å². The Bertz CT molecular complexity index is 461. The van der Waals surface area contributed by atoms with Crippen LogP contribution in [0.5, 0.6) is 0 Å². The average Bonchev–Trinajstić information content (AvgIpc) is 2.36. The highest BCUT2D eigenvalue weighted by Gasteiger charge is 2.21. The fraction of sp³-hybridized carbons (Fsp3) is 0.429. The standard InChI is InChI=1S/C14H19BrN2O2/c1-9(2)7-12(14(19)16-3)17-13(18)10-5-4-6-11(15)8-10/h4-6,8-9,12H,7H2,1-3H3,(H,16,19)(H,17,18). The Kier molecular flexibility index (Phi) is 6.02. The lowest BCUT2D eigenvalue weighted by atomic mass is 10.0. The minimum Gasteiger partial charge on any atom is -0.357 e. The molecule has 0 saturated heterocycles. The van der Waals surface area contributed by atoms with Crippen LogP contribution in [-0.2, 0) is 4.79 Å². The van der Waals surface area contributed by atoms with Crippen LogP contribution in [-0.4, -0.2) is 24.9 Å². The third-order valence-electron chi connectivity index (χ3n) is 2.66. The molecule has 0 heterocycles. The third kappa shape index (κ3) is 5.03. The lowest BCUT2D eigenvalue weighted by Crippen LogP contribution is -2.46. The highest BCUT2D eigenvalue weighted by Crippen LogP contribution is 2.12. The molecular weight excluding hydrogens is 308 g/mol. The molecule has 0 aliphatic carbocycles. The van der Waals surface area contributed by atoms with Crippen molar-refractivity contribution >= 4 is 27.7 Å². The van der Waals surface area contributed by atoms with E-state index >= 15 is 0 Å². The topological polar surface area (TPSA) is 58.2 Å². The molecule has 0 radical (unpaired) electrons. The van der Waals surface area contributed by atoms with Gasteiger partial charge in [0.1, 0.15) is 6.04 Å². The molecule has 19 heavy (non-hydrogen) atoms. The van der Waals surface area contributed by atoms with E-state index in [1.54, 1.807) is 25.2 Å². The van der Waals surface area contributed by atoms with E-state index in [9.17, 15) is 9.59 Å². The maximum atomic E-state index is 12.1. The van der Waals surface area contributed by atoms with Crippen molar-refractivity contribution in [1.29, 1.82) is 0 Å². The van der Waals surface area contributed by atoms with Crippen LogP contribution in [0.4, 0.5) is 0 Å². The molecular formula is C14H19BrN2O2. The Morgan fingerprint density at radius 2 is 2.00 bits per heavy atom. The van der Waals surface area contributed by atoms with Gasteiger partial charge in [-0.2, -0.15) is 0 Å². The number of likely N-dealkylation sites (N-methyl/N-ethyl adjacent to an activating group) is 1. The first-order chi connectivity index (χ1) is 8.93. The average molecular weight is 327 g/mol. The van der Waals surface area contributed by atoms with Crippen LogP contribution < -0.4 is 10.6 Å². The van der Waals surface area contributed by atoms with E-state index in [0.29, 0.717) is 17.9 Å². The van der Waals surface area contributed by atoms with E-state index in [1.807, 2.05) is 19.9 Å². The Balaban J connectivity index is 2.78. The van der Waals surface area contributed by atoms with Crippen molar-refractivity contribution in [2.75, 3.05) is 7.05 Å². The van der Waals surface area contributed by atoms with Gasteiger partial charge in [0.05, 0.1) is 0 Å². The highest BCUT2D eigenvalue weighted by molar-refractivity contribution is 9.10. The van der Waals surface area contributed by atoms with Gasteiger partial charge in [0.2, 0.25) is 5.91 Å². The molecule has 1 atom stereocenters. The van der Waals surface area contributed by atoms with Crippen LogP contribution in [0.1, 0.15) is 30.6 Å². The SMILES string of the molecule is CNC(=O)C(CC(C)C)NC(=O)c1cccc(Br)c1. The summed E-state index contributed by atoms with van der Waals surface area (Å²) in [5.74, 6) is -0.0855. The number of halogens is 1. The zero-order chi connectivity index (χ0) is 14.4. The Morgan fingerprint density at radius 1 is 1.32 bits per heavy atom. The predicted octanol–water partition coefficient (Wildman–Crippen LogP) is 2.34. The monoisotopic (exact) mass is 326 g/mol. The zero-order valence-electron chi connectivity index (χ0n) is 11.4. The van der Waals surface area contributed by atoms with Gasteiger partial charge in [-0.25, -0.2) is 0 Å². The maximum Gasteiger partial charge on any atom is 0.251 e. The van der Waals surface area contributed by atoms with Crippen LogP contribution in [0.3, 0.4) is 0 Å². The Morgan fingerprint density at radius 3 is 2.53 bits per heavy atom. The molecule has 1 rings (SSSR count). The smallest absolute Gasteiger partial charge is 0.251 e. The summed E-state index contributed by atoms with van der Waals surface area (Å²) in [6.45, 7) is 4.03. The van der Waals surface area contributed by atoms with Crippen molar-refractivity contribution in [3.05, 3.63) is 34.3 Å². The molecule has 2 amide bonds. The number of rotatable bonds is 5. The van der Waals surface area contributed by atoms with E-state index in [-0.39, 0.29) is 11.8 Å². The lowest BCUT2D eigenvalue weighted by molar-refractivity contribution is -0.122. The predicted molar refractivity (Wildman–Crippen MR) is 78.9 cm³/mol. The van der Waals surface area contributed by atoms with Crippen LogP contribution >= 0.6 is 15.9 Å². The van der Waals surface area contributed by atoms with E-state index < -0.39 is 6.04 Å².